The molecule has 2 amide bonds. The summed E-state index contributed by atoms with van der Waals surface area (Å²) in [5, 5.41) is 0. The molecule has 1 aliphatic rings. The smallest absolute Gasteiger partial charge is 0.265 e. The van der Waals surface area contributed by atoms with Gasteiger partial charge in [-0.05, 0) is 85.6 Å². The Morgan fingerprint density at radius 1 is 0.714 bits per heavy atom. The summed E-state index contributed by atoms with van der Waals surface area (Å²) in [5.41, 5.74) is 2.40. The van der Waals surface area contributed by atoms with Gasteiger partial charge in [0.25, 0.3) is 11.8 Å². The molecule has 8 heteroatoms. The van der Waals surface area contributed by atoms with Gasteiger partial charge in [-0.15, -0.1) is 0 Å². The Kier molecular flexibility index (Phi) is 8.92. The monoisotopic (exact) mass is 566 g/mol. The van der Waals surface area contributed by atoms with Gasteiger partial charge in [-0.25, -0.2) is 0 Å². The molecule has 4 aromatic carbocycles. The lowest BCUT2D eigenvalue weighted by Gasteiger charge is -2.43. The molecule has 1 aliphatic heterocycles. The number of rotatable bonds is 10. The Balaban J connectivity index is 1.39. The molecule has 0 radical (unpaired) electrons. The summed E-state index contributed by atoms with van der Waals surface area (Å²) in [6.07, 6.45) is 0.536. The van der Waals surface area contributed by atoms with Crippen LogP contribution in [0.1, 0.15) is 24.9 Å². The van der Waals surface area contributed by atoms with Gasteiger partial charge < -0.3 is 28.7 Å². The normalized spacial score (nSPS) is 15.7. The van der Waals surface area contributed by atoms with Crippen LogP contribution in [0.4, 0.5) is 11.4 Å². The van der Waals surface area contributed by atoms with Crippen molar-refractivity contribution in [2.45, 2.75) is 25.4 Å². The van der Waals surface area contributed by atoms with Crippen LogP contribution in [0.5, 0.6) is 23.0 Å². The van der Waals surface area contributed by atoms with Gasteiger partial charge in [0.2, 0.25) is 0 Å². The van der Waals surface area contributed by atoms with Crippen molar-refractivity contribution < 1.29 is 28.5 Å². The number of carbonyl (C=O) groups is 2. The number of hydrogen-bond donors (Lipinski definition) is 0. The summed E-state index contributed by atoms with van der Waals surface area (Å²) in [7, 11) is 3.20. The molecular weight excluding hydrogens is 532 g/mol. The first-order chi connectivity index (χ1) is 20.5. The second-order valence-electron chi connectivity index (χ2n) is 9.95. The molecule has 0 aromatic heterocycles. The van der Waals surface area contributed by atoms with E-state index in [9.17, 15) is 9.59 Å². The minimum Gasteiger partial charge on any atom is -0.497 e. The van der Waals surface area contributed by atoms with Gasteiger partial charge in [0, 0.05) is 17.4 Å². The van der Waals surface area contributed by atoms with Gasteiger partial charge in [-0.3, -0.25) is 9.59 Å². The number of carbonyl (C=O) groups excluding carboxylic acids is 2. The van der Waals surface area contributed by atoms with Crippen LogP contribution >= 0.6 is 0 Å². The van der Waals surface area contributed by atoms with Crippen LogP contribution in [0, 0.1) is 0 Å². The lowest BCUT2D eigenvalue weighted by molar-refractivity contribution is -0.121. The van der Waals surface area contributed by atoms with Gasteiger partial charge in [0.05, 0.1) is 20.3 Å². The standard InChI is InChI=1S/C34H34N2O6/c1-24-21-32(36(25-9-5-4-6-10-25)34(38)23-42-29-19-15-27(40-3)16-20-29)30-11-7-8-12-31(30)35(24)33(37)22-41-28-17-13-26(39-2)14-18-28/h4-20,24,32H,21-23H2,1-3H3/t24-,32+/m1/s1. The second-order valence-corrected chi connectivity index (χ2v) is 9.95. The van der Waals surface area contributed by atoms with Crippen LogP contribution in [0.15, 0.2) is 103 Å². The number of hydrogen-bond acceptors (Lipinski definition) is 6. The minimum atomic E-state index is -0.308. The maximum Gasteiger partial charge on any atom is 0.265 e. The van der Waals surface area contributed by atoms with Crippen molar-refractivity contribution in [1.29, 1.82) is 0 Å². The highest BCUT2D eigenvalue weighted by molar-refractivity contribution is 5.99. The van der Waals surface area contributed by atoms with Crippen molar-refractivity contribution in [3.05, 3.63) is 109 Å². The van der Waals surface area contributed by atoms with Crippen molar-refractivity contribution in [2.24, 2.45) is 0 Å². The molecule has 0 spiro atoms. The first-order valence-electron chi connectivity index (χ1n) is 13.8. The third kappa shape index (κ3) is 6.33. The average Bonchev–Trinajstić information content (AvgIpc) is 3.03. The van der Waals surface area contributed by atoms with Gasteiger partial charge in [-0.2, -0.15) is 0 Å². The van der Waals surface area contributed by atoms with Gasteiger partial charge in [0.15, 0.2) is 13.2 Å². The Morgan fingerprint density at radius 3 is 1.83 bits per heavy atom. The number of ether oxygens (including phenoxy) is 4. The third-order valence-corrected chi connectivity index (χ3v) is 7.29. The third-order valence-electron chi connectivity index (χ3n) is 7.29. The summed E-state index contributed by atoms with van der Waals surface area (Å²) in [6, 6.07) is 31.0. The fraction of sp³-hybridized carbons (Fsp3) is 0.235. The summed E-state index contributed by atoms with van der Waals surface area (Å²) in [5.74, 6) is 2.23. The molecule has 42 heavy (non-hydrogen) atoms. The molecule has 5 rings (SSSR count). The highest BCUT2D eigenvalue weighted by atomic mass is 16.5. The molecule has 0 bridgehead atoms. The van der Waals surface area contributed by atoms with E-state index in [1.54, 1.807) is 72.6 Å². The second kappa shape index (κ2) is 13.1. The molecular formula is C34H34N2O6. The topological polar surface area (TPSA) is 77.5 Å². The van der Waals surface area contributed by atoms with E-state index in [4.69, 9.17) is 18.9 Å². The molecule has 0 unspecified atom stereocenters. The lowest BCUT2D eigenvalue weighted by atomic mass is 9.90. The lowest BCUT2D eigenvalue weighted by Crippen LogP contribution is -2.49. The van der Waals surface area contributed by atoms with E-state index in [2.05, 4.69) is 0 Å². The molecule has 8 nitrogen and oxygen atoms in total. The van der Waals surface area contributed by atoms with E-state index < -0.39 is 0 Å². The number of methoxy groups -OCH3 is 2. The van der Waals surface area contributed by atoms with Gasteiger partial charge in [0.1, 0.15) is 23.0 Å². The summed E-state index contributed by atoms with van der Waals surface area (Å²) in [4.78, 5) is 30.9. The zero-order valence-electron chi connectivity index (χ0n) is 23.9. The van der Waals surface area contributed by atoms with Crippen LogP contribution in [0.25, 0.3) is 0 Å². The number of anilines is 2. The van der Waals surface area contributed by atoms with Gasteiger partial charge >= 0.3 is 0 Å². The number of benzene rings is 4. The highest BCUT2D eigenvalue weighted by Gasteiger charge is 2.38. The molecule has 2 atom stereocenters. The van der Waals surface area contributed by atoms with Crippen LogP contribution in [0.2, 0.25) is 0 Å². The fourth-order valence-corrected chi connectivity index (χ4v) is 5.27. The molecule has 0 saturated heterocycles. The van der Waals surface area contributed by atoms with Crippen molar-refractivity contribution in [2.75, 3.05) is 37.2 Å². The van der Waals surface area contributed by atoms with E-state index in [1.807, 2.05) is 61.5 Å². The molecule has 0 saturated carbocycles. The Hall–Kier alpha value is -4.98. The van der Waals surface area contributed by atoms with E-state index in [1.165, 1.54) is 0 Å². The minimum absolute atomic E-state index is 0.118. The number of para-hydroxylation sites is 2. The van der Waals surface area contributed by atoms with Crippen LogP contribution in [-0.2, 0) is 9.59 Å². The van der Waals surface area contributed by atoms with E-state index in [0.717, 1.165) is 16.9 Å². The van der Waals surface area contributed by atoms with E-state index >= 15 is 0 Å². The first-order valence-corrected chi connectivity index (χ1v) is 13.8. The molecule has 216 valence electrons. The highest BCUT2D eigenvalue weighted by Crippen LogP contribution is 2.42. The predicted molar refractivity (Wildman–Crippen MR) is 162 cm³/mol. The van der Waals surface area contributed by atoms with E-state index in [-0.39, 0.29) is 37.1 Å². The largest absolute Gasteiger partial charge is 0.497 e. The Bertz CT molecular complexity index is 1490. The quantitative estimate of drug-likeness (QED) is 0.232. The summed E-state index contributed by atoms with van der Waals surface area (Å²) in [6.45, 7) is 1.73. The number of amides is 2. The summed E-state index contributed by atoms with van der Waals surface area (Å²) < 4.78 is 22.1. The maximum absolute atomic E-state index is 13.8. The Labute approximate surface area is 246 Å². The van der Waals surface area contributed by atoms with Crippen molar-refractivity contribution in [3.8, 4) is 23.0 Å². The number of fused-ring (bicyclic) bond motifs is 1. The van der Waals surface area contributed by atoms with Crippen LogP contribution in [-0.4, -0.2) is 45.3 Å². The molecule has 0 N–H and O–H groups in total. The summed E-state index contributed by atoms with van der Waals surface area (Å²) >= 11 is 0. The van der Waals surface area contributed by atoms with Crippen molar-refractivity contribution in [1.82, 2.24) is 0 Å². The number of nitrogens with zero attached hydrogens (tertiary/aromatic N) is 2. The molecule has 4 aromatic rings. The van der Waals surface area contributed by atoms with Gasteiger partial charge in [-0.1, -0.05) is 36.4 Å². The fourth-order valence-electron chi connectivity index (χ4n) is 5.27. The van der Waals surface area contributed by atoms with E-state index in [0.29, 0.717) is 29.4 Å². The SMILES string of the molecule is COc1ccc(OCC(=O)N2c3ccccc3[C@@H](N(C(=O)COc3ccc(OC)cc3)c3ccccc3)C[C@H]2C)cc1. The predicted octanol–water partition coefficient (Wildman–Crippen LogP) is 6.06. The zero-order chi connectivity index (χ0) is 29.5. The Morgan fingerprint density at radius 2 is 1.24 bits per heavy atom. The molecule has 0 fully saturated rings. The molecule has 0 aliphatic carbocycles. The first kappa shape index (κ1) is 28.5. The van der Waals surface area contributed by atoms with Crippen molar-refractivity contribution in [3.63, 3.8) is 0 Å². The van der Waals surface area contributed by atoms with Crippen molar-refractivity contribution >= 4 is 23.2 Å². The zero-order valence-corrected chi connectivity index (χ0v) is 23.9. The van der Waals surface area contributed by atoms with Crippen LogP contribution in [0.3, 0.4) is 0 Å². The van der Waals surface area contributed by atoms with Crippen LogP contribution < -0.4 is 28.7 Å². The molecule has 1 heterocycles. The average molecular weight is 567 g/mol. The maximum atomic E-state index is 13.8.